The molecule has 0 aliphatic carbocycles. The van der Waals surface area contributed by atoms with E-state index in [-0.39, 0.29) is 6.04 Å². The van der Waals surface area contributed by atoms with E-state index < -0.39 is 0 Å². The van der Waals surface area contributed by atoms with Crippen LogP contribution in [-0.4, -0.2) is 4.98 Å². The number of nitrogens with two attached hydrogens (primary N) is 1. The summed E-state index contributed by atoms with van der Waals surface area (Å²) < 4.78 is 5.31. The standard InChI is InChI=1S/C12H14N2OS/c1-8-7-15-12(14-8)16-11-6-4-3-5-10(11)9(2)13/h3-7,9H,13H2,1-2H3/t9-/m1/s1. The molecular formula is C12H14N2OS. The first-order valence-corrected chi connectivity index (χ1v) is 5.93. The van der Waals surface area contributed by atoms with Crippen molar-refractivity contribution in [3.8, 4) is 0 Å². The van der Waals surface area contributed by atoms with Gasteiger partial charge in [0.1, 0.15) is 6.26 Å². The number of benzene rings is 1. The van der Waals surface area contributed by atoms with Gasteiger partial charge in [-0.1, -0.05) is 18.2 Å². The molecule has 2 N–H and O–H groups in total. The summed E-state index contributed by atoms with van der Waals surface area (Å²) in [7, 11) is 0. The van der Waals surface area contributed by atoms with E-state index in [1.165, 1.54) is 11.8 Å². The summed E-state index contributed by atoms with van der Waals surface area (Å²) in [4.78, 5) is 5.36. The van der Waals surface area contributed by atoms with Crippen molar-refractivity contribution >= 4 is 11.8 Å². The molecule has 2 rings (SSSR count). The number of aromatic nitrogens is 1. The van der Waals surface area contributed by atoms with E-state index in [0.29, 0.717) is 5.22 Å². The van der Waals surface area contributed by atoms with Gasteiger partial charge in [0.2, 0.25) is 0 Å². The number of rotatable bonds is 3. The maximum atomic E-state index is 5.91. The van der Waals surface area contributed by atoms with Gasteiger partial charge < -0.3 is 10.2 Å². The molecule has 0 unspecified atom stereocenters. The third kappa shape index (κ3) is 2.46. The zero-order valence-electron chi connectivity index (χ0n) is 9.31. The average Bonchev–Trinajstić information content (AvgIpc) is 2.64. The molecule has 0 amide bonds. The average molecular weight is 234 g/mol. The first-order chi connectivity index (χ1) is 7.66. The van der Waals surface area contributed by atoms with Gasteiger partial charge in [-0.2, -0.15) is 0 Å². The van der Waals surface area contributed by atoms with Crippen molar-refractivity contribution in [2.45, 2.75) is 30.0 Å². The third-order valence-corrected chi connectivity index (χ3v) is 3.16. The topological polar surface area (TPSA) is 52.0 Å². The fraction of sp³-hybridized carbons (Fsp3) is 0.250. The Labute approximate surface area is 99.1 Å². The summed E-state index contributed by atoms with van der Waals surface area (Å²) in [6.07, 6.45) is 1.65. The lowest BCUT2D eigenvalue weighted by atomic mass is 10.1. The predicted molar refractivity (Wildman–Crippen MR) is 64.4 cm³/mol. The van der Waals surface area contributed by atoms with Gasteiger partial charge in [0.05, 0.1) is 5.69 Å². The van der Waals surface area contributed by atoms with Crippen LogP contribution < -0.4 is 5.73 Å². The van der Waals surface area contributed by atoms with E-state index in [0.717, 1.165) is 16.2 Å². The van der Waals surface area contributed by atoms with E-state index in [2.05, 4.69) is 4.98 Å². The minimum atomic E-state index is 0.0137. The second-order valence-corrected chi connectivity index (χ2v) is 4.68. The van der Waals surface area contributed by atoms with E-state index >= 15 is 0 Å². The molecule has 2 aromatic rings. The molecule has 0 fully saturated rings. The zero-order chi connectivity index (χ0) is 11.5. The highest BCUT2D eigenvalue weighted by Gasteiger charge is 2.10. The molecular weight excluding hydrogens is 220 g/mol. The quantitative estimate of drug-likeness (QED) is 0.886. The van der Waals surface area contributed by atoms with Crippen LogP contribution in [0.3, 0.4) is 0 Å². The van der Waals surface area contributed by atoms with Gasteiger partial charge in [0.15, 0.2) is 0 Å². The van der Waals surface area contributed by atoms with Gasteiger partial charge in [-0.25, -0.2) is 4.98 Å². The number of nitrogens with zero attached hydrogens (tertiary/aromatic N) is 1. The van der Waals surface area contributed by atoms with Gasteiger partial charge in [-0.15, -0.1) is 0 Å². The molecule has 0 saturated heterocycles. The fourth-order valence-electron chi connectivity index (χ4n) is 1.42. The molecule has 1 atom stereocenters. The molecule has 1 aromatic heterocycles. The SMILES string of the molecule is Cc1coc(Sc2ccccc2[C@@H](C)N)n1. The van der Waals surface area contributed by atoms with Crippen molar-refractivity contribution in [1.82, 2.24) is 4.98 Å². The Hall–Kier alpha value is -1.26. The van der Waals surface area contributed by atoms with Crippen LogP contribution in [0.2, 0.25) is 0 Å². The molecule has 0 aliphatic heterocycles. The number of oxazole rings is 1. The molecule has 16 heavy (non-hydrogen) atoms. The Morgan fingerprint density at radius 2 is 2.12 bits per heavy atom. The van der Waals surface area contributed by atoms with Gasteiger partial charge in [0.25, 0.3) is 5.22 Å². The minimum absolute atomic E-state index is 0.0137. The van der Waals surface area contributed by atoms with Crippen molar-refractivity contribution in [3.05, 3.63) is 41.8 Å². The lowest BCUT2D eigenvalue weighted by Crippen LogP contribution is -2.05. The first-order valence-electron chi connectivity index (χ1n) is 5.11. The van der Waals surface area contributed by atoms with E-state index in [1.54, 1.807) is 6.26 Å². The number of hydrogen-bond acceptors (Lipinski definition) is 4. The van der Waals surface area contributed by atoms with Crippen LogP contribution in [0.4, 0.5) is 0 Å². The lowest BCUT2D eigenvalue weighted by molar-refractivity contribution is 0.454. The molecule has 1 aromatic carbocycles. The van der Waals surface area contributed by atoms with Crippen molar-refractivity contribution in [1.29, 1.82) is 0 Å². The van der Waals surface area contributed by atoms with Crippen LogP contribution >= 0.6 is 11.8 Å². The van der Waals surface area contributed by atoms with Gasteiger partial charge in [-0.05, 0) is 37.2 Å². The maximum Gasteiger partial charge on any atom is 0.260 e. The largest absolute Gasteiger partial charge is 0.439 e. The van der Waals surface area contributed by atoms with E-state index in [9.17, 15) is 0 Å². The predicted octanol–water partition coefficient (Wildman–Crippen LogP) is 3.15. The van der Waals surface area contributed by atoms with Gasteiger partial charge >= 0.3 is 0 Å². The van der Waals surface area contributed by atoms with Crippen LogP contribution in [0.5, 0.6) is 0 Å². The van der Waals surface area contributed by atoms with Gasteiger partial charge in [0, 0.05) is 10.9 Å². The number of aryl methyl sites for hydroxylation is 1. The van der Waals surface area contributed by atoms with Crippen molar-refractivity contribution in [2.75, 3.05) is 0 Å². The second-order valence-electron chi connectivity index (χ2n) is 3.68. The van der Waals surface area contributed by atoms with Crippen LogP contribution in [0.15, 0.2) is 45.1 Å². The molecule has 1 heterocycles. The molecule has 0 spiro atoms. The van der Waals surface area contributed by atoms with Crippen molar-refractivity contribution < 1.29 is 4.42 Å². The summed E-state index contributed by atoms with van der Waals surface area (Å²) in [6, 6.07) is 8.05. The molecule has 4 heteroatoms. The molecule has 0 aliphatic rings. The Balaban J connectivity index is 2.27. The summed E-state index contributed by atoms with van der Waals surface area (Å²) in [5, 5.41) is 0.658. The summed E-state index contributed by atoms with van der Waals surface area (Å²) >= 11 is 1.51. The van der Waals surface area contributed by atoms with Crippen molar-refractivity contribution in [3.63, 3.8) is 0 Å². The molecule has 0 radical (unpaired) electrons. The third-order valence-electron chi connectivity index (χ3n) is 2.20. The monoisotopic (exact) mass is 234 g/mol. The molecule has 0 saturated carbocycles. The van der Waals surface area contributed by atoms with E-state index in [4.69, 9.17) is 10.2 Å². The fourth-order valence-corrected chi connectivity index (χ4v) is 2.42. The van der Waals surface area contributed by atoms with Crippen LogP contribution in [0, 0.1) is 6.92 Å². The van der Waals surface area contributed by atoms with Crippen molar-refractivity contribution in [2.24, 2.45) is 5.73 Å². The zero-order valence-corrected chi connectivity index (χ0v) is 10.1. The highest BCUT2D eigenvalue weighted by molar-refractivity contribution is 7.99. The van der Waals surface area contributed by atoms with Crippen LogP contribution in [0.1, 0.15) is 24.2 Å². The normalized spacial score (nSPS) is 12.7. The van der Waals surface area contributed by atoms with Crippen LogP contribution in [-0.2, 0) is 0 Å². The second kappa shape index (κ2) is 4.72. The summed E-state index contributed by atoms with van der Waals surface area (Å²) in [6.45, 7) is 3.88. The smallest absolute Gasteiger partial charge is 0.260 e. The highest BCUT2D eigenvalue weighted by atomic mass is 32.2. The first kappa shape index (κ1) is 11.2. The van der Waals surface area contributed by atoms with Gasteiger partial charge in [-0.3, -0.25) is 0 Å². The molecule has 0 bridgehead atoms. The lowest BCUT2D eigenvalue weighted by Gasteiger charge is -2.09. The Morgan fingerprint density at radius 3 is 2.75 bits per heavy atom. The Morgan fingerprint density at radius 1 is 1.38 bits per heavy atom. The summed E-state index contributed by atoms with van der Waals surface area (Å²) in [5.74, 6) is 0. The maximum absolute atomic E-state index is 5.91. The summed E-state index contributed by atoms with van der Waals surface area (Å²) in [5.41, 5.74) is 7.91. The molecule has 84 valence electrons. The Bertz CT molecular complexity index is 479. The minimum Gasteiger partial charge on any atom is -0.439 e. The Kier molecular flexibility index (Phi) is 3.31. The van der Waals surface area contributed by atoms with E-state index in [1.807, 2.05) is 38.1 Å². The van der Waals surface area contributed by atoms with Crippen LogP contribution in [0.25, 0.3) is 0 Å². The highest BCUT2D eigenvalue weighted by Crippen LogP contribution is 2.31. The number of hydrogen-bond donors (Lipinski definition) is 1. The molecule has 3 nitrogen and oxygen atoms in total.